The van der Waals surface area contributed by atoms with Gasteiger partial charge in [-0.05, 0) is 18.6 Å². The van der Waals surface area contributed by atoms with Crippen LogP contribution in [0.1, 0.15) is 17.3 Å². The summed E-state index contributed by atoms with van der Waals surface area (Å²) in [5, 5.41) is 12.8. The van der Waals surface area contributed by atoms with Crippen LogP contribution in [0.3, 0.4) is 0 Å². The van der Waals surface area contributed by atoms with Gasteiger partial charge in [-0.15, -0.1) is 11.8 Å². The first kappa shape index (κ1) is 14.9. The number of aromatic nitrogens is 2. The number of halogens is 2. The van der Waals surface area contributed by atoms with Gasteiger partial charge in [0.15, 0.2) is 5.82 Å². The first-order chi connectivity index (χ1) is 9.56. The summed E-state index contributed by atoms with van der Waals surface area (Å²) in [5.74, 6) is 0.937. The third-order valence-corrected chi connectivity index (χ3v) is 3.81. The number of rotatable bonds is 6. The average Bonchev–Trinajstić information content (AvgIpc) is 2.85. The smallest absolute Gasteiger partial charge is 0.264 e. The Hall–Kier alpha value is -1.47. The van der Waals surface area contributed by atoms with Crippen LogP contribution in [0.5, 0.6) is 0 Å². The molecule has 0 fully saturated rings. The average molecular weight is 300 g/mol. The van der Waals surface area contributed by atoms with Crippen LogP contribution in [0.15, 0.2) is 33.7 Å². The third-order valence-electron chi connectivity index (χ3n) is 2.64. The monoisotopic (exact) mass is 300 g/mol. The molecule has 20 heavy (non-hydrogen) atoms. The first-order valence-corrected chi connectivity index (χ1v) is 7.01. The molecule has 1 aromatic heterocycles. The van der Waals surface area contributed by atoms with Gasteiger partial charge in [-0.2, -0.15) is 4.98 Å². The van der Waals surface area contributed by atoms with E-state index < -0.39 is 12.5 Å². The number of hydrogen-bond donors (Lipinski definition) is 1. The van der Waals surface area contributed by atoms with E-state index in [-0.39, 0.29) is 12.3 Å². The summed E-state index contributed by atoms with van der Waals surface area (Å²) >= 11 is 1.54. The Balaban J connectivity index is 1.92. The predicted octanol–water partition coefficient (Wildman–Crippen LogP) is 2.84. The quantitative estimate of drug-likeness (QED) is 0.831. The Morgan fingerprint density at radius 2 is 2.10 bits per heavy atom. The lowest BCUT2D eigenvalue weighted by molar-refractivity contribution is -0.00754. The second-order valence-corrected chi connectivity index (χ2v) is 5.28. The summed E-state index contributed by atoms with van der Waals surface area (Å²) in [4.78, 5) is 5.09. The number of aryl methyl sites for hydroxylation is 1. The van der Waals surface area contributed by atoms with E-state index >= 15 is 0 Å². The number of alkyl halides is 2. The summed E-state index contributed by atoms with van der Waals surface area (Å²) in [6.07, 6.45) is -4.92. The Kier molecular flexibility index (Phi) is 5.08. The third kappa shape index (κ3) is 4.01. The number of aliphatic hydroxyl groups excluding tert-OH is 1. The van der Waals surface area contributed by atoms with E-state index in [0.717, 1.165) is 10.5 Å². The van der Waals surface area contributed by atoms with Crippen molar-refractivity contribution < 1.29 is 18.4 Å². The number of aliphatic hydroxyl groups is 1. The van der Waals surface area contributed by atoms with Crippen molar-refractivity contribution in [1.29, 1.82) is 0 Å². The SMILES string of the molecule is Cc1ccccc1SCc1noc(CC(O)C(F)F)n1. The van der Waals surface area contributed by atoms with Crippen LogP contribution < -0.4 is 0 Å². The Labute approximate surface area is 119 Å². The minimum atomic E-state index is -2.81. The molecule has 2 rings (SSSR count). The maximum Gasteiger partial charge on any atom is 0.264 e. The summed E-state index contributed by atoms with van der Waals surface area (Å²) in [5.41, 5.74) is 1.15. The fourth-order valence-electron chi connectivity index (χ4n) is 1.56. The molecule has 0 aliphatic rings. The van der Waals surface area contributed by atoms with Crippen molar-refractivity contribution in [3.63, 3.8) is 0 Å². The normalized spacial score (nSPS) is 12.8. The van der Waals surface area contributed by atoms with Gasteiger partial charge in [-0.25, -0.2) is 8.78 Å². The lowest BCUT2D eigenvalue weighted by Crippen LogP contribution is -2.20. The van der Waals surface area contributed by atoms with Gasteiger partial charge in [0.2, 0.25) is 5.89 Å². The second-order valence-electron chi connectivity index (χ2n) is 4.26. The second kappa shape index (κ2) is 6.81. The summed E-state index contributed by atoms with van der Waals surface area (Å²) < 4.78 is 29.2. The van der Waals surface area contributed by atoms with Crippen molar-refractivity contribution in [2.24, 2.45) is 0 Å². The fraction of sp³-hybridized carbons (Fsp3) is 0.385. The zero-order chi connectivity index (χ0) is 14.5. The first-order valence-electron chi connectivity index (χ1n) is 6.02. The van der Waals surface area contributed by atoms with Gasteiger partial charge >= 0.3 is 0 Å². The largest absolute Gasteiger partial charge is 0.387 e. The molecule has 108 valence electrons. The highest BCUT2D eigenvalue weighted by Gasteiger charge is 2.20. The van der Waals surface area contributed by atoms with Gasteiger partial charge in [0.25, 0.3) is 6.43 Å². The molecular weight excluding hydrogens is 286 g/mol. The minimum Gasteiger partial charge on any atom is -0.387 e. The Morgan fingerprint density at radius 3 is 2.80 bits per heavy atom. The van der Waals surface area contributed by atoms with E-state index in [1.165, 1.54) is 0 Å². The molecule has 1 atom stereocenters. The van der Waals surface area contributed by atoms with E-state index in [9.17, 15) is 8.78 Å². The summed E-state index contributed by atoms with van der Waals surface area (Å²) in [6, 6.07) is 7.89. The van der Waals surface area contributed by atoms with Gasteiger partial charge in [-0.3, -0.25) is 0 Å². The molecule has 0 aliphatic heterocycles. The van der Waals surface area contributed by atoms with Crippen LogP contribution in [0.2, 0.25) is 0 Å². The molecule has 7 heteroatoms. The molecule has 1 aromatic carbocycles. The highest BCUT2D eigenvalue weighted by Crippen LogP contribution is 2.24. The molecule has 4 nitrogen and oxygen atoms in total. The molecule has 0 spiro atoms. The van der Waals surface area contributed by atoms with Crippen molar-refractivity contribution in [2.75, 3.05) is 0 Å². The molecule has 0 aliphatic carbocycles. The van der Waals surface area contributed by atoms with E-state index in [0.29, 0.717) is 11.6 Å². The number of nitrogens with zero attached hydrogens (tertiary/aromatic N) is 2. The van der Waals surface area contributed by atoms with Crippen LogP contribution in [0.25, 0.3) is 0 Å². The van der Waals surface area contributed by atoms with E-state index in [2.05, 4.69) is 10.1 Å². The van der Waals surface area contributed by atoms with Gasteiger partial charge in [0.1, 0.15) is 6.10 Å². The maximum atomic E-state index is 12.2. The van der Waals surface area contributed by atoms with Gasteiger partial charge in [0, 0.05) is 4.90 Å². The standard InChI is InChI=1S/C13H14F2N2O2S/c1-8-4-2-3-5-10(8)20-7-11-16-12(19-17-11)6-9(18)13(14)15/h2-5,9,13,18H,6-7H2,1H3. The molecule has 1 unspecified atom stereocenters. The molecule has 0 saturated heterocycles. The lowest BCUT2D eigenvalue weighted by Gasteiger charge is -2.04. The highest BCUT2D eigenvalue weighted by molar-refractivity contribution is 7.98. The zero-order valence-electron chi connectivity index (χ0n) is 10.8. The highest BCUT2D eigenvalue weighted by atomic mass is 32.2. The zero-order valence-corrected chi connectivity index (χ0v) is 11.6. The van der Waals surface area contributed by atoms with Gasteiger partial charge in [-0.1, -0.05) is 23.4 Å². The Morgan fingerprint density at radius 1 is 1.35 bits per heavy atom. The number of benzene rings is 1. The fourth-order valence-corrected chi connectivity index (χ4v) is 2.43. The van der Waals surface area contributed by atoms with Crippen molar-refractivity contribution in [2.45, 2.75) is 36.5 Å². The van der Waals surface area contributed by atoms with E-state index in [1.54, 1.807) is 11.8 Å². The van der Waals surface area contributed by atoms with Crippen LogP contribution in [-0.2, 0) is 12.2 Å². The molecule has 0 amide bonds. The number of hydrogen-bond acceptors (Lipinski definition) is 5. The van der Waals surface area contributed by atoms with Crippen molar-refractivity contribution in [1.82, 2.24) is 10.1 Å². The molecule has 0 radical (unpaired) electrons. The van der Waals surface area contributed by atoms with Crippen molar-refractivity contribution in [3.8, 4) is 0 Å². The Bertz CT molecular complexity index is 563. The summed E-state index contributed by atoms with van der Waals surface area (Å²) in [6.45, 7) is 2.00. The van der Waals surface area contributed by atoms with Crippen LogP contribution in [0.4, 0.5) is 8.78 Å². The molecular formula is C13H14F2N2O2S. The minimum absolute atomic E-state index is 0.0261. The van der Waals surface area contributed by atoms with Crippen molar-refractivity contribution in [3.05, 3.63) is 41.5 Å². The van der Waals surface area contributed by atoms with Gasteiger partial charge in [0.05, 0.1) is 12.2 Å². The van der Waals surface area contributed by atoms with Crippen molar-refractivity contribution >= 4 is 11.8 Å². The van der Waals surface area contributed by atoms with E-state index in [1.807, 2.05) is 31.2 Å². The molecule has 1 heterocycles. The predicted molar refractivity (Wildman–Crippen MR) is 70.8 cm³/mol. The number of thioether (sulfide) groups is 1. The summed E-state index contributed by atoms with van der Waals surface area (Å²) in [7, 11) is 0. The maximum absolute atomic E-state index is 12.2. The molecule has 2 aromatic rings. The topological polar surface area (TPSA) is 59.2 Å². The van der Waals surface area contributed by atoms with Gasteiger partial charge < -0.3 is 9.63 Å². The van der Waals surface area contributed by atoms with Crippen LogP contribution in [0, 0.1) is 6.92 Å². The van der Waals surface area contributed by atoms with E-state index in [4.69, 9.17) is 9.63 Å². The molecule has 0 bridgehead atoms. The molecule has 0 saturated carbocycles. The lowest BCUT2D eigenvalue weighted by atomic mass is 10.2. The van der Waals surface area contributed by atoms with Crippen LogP contribution >= 0.6 is 11.8 Å². The molecule has 1 N–H and O–H groups in total. The van der Waals surface area contributed by atoms with Crippen LogP contribution in [-0.4, -0.2) is 27.8 Å².